The highest BCUT2D eigenvalue weighted by Gasteiger charge is 2.59. The zero-order chi connectivity index (χ0) is 23.4. The molecule has 2 aromatic rings. The third kappa shape index (κ3) is 4.12. The Morgan fingerprint density at radius 3 is 2.61 bits per heavy atom. The first-order chi connectivity index (χ1) is 16.1. The number of β-amino-alcohol motifs (C(OH)–C–C–N with tert-alkyl or cyclic N) is 1. The lowest BCUT2D eigenvalue weighted by atomic mass is 9.85. The minimum absolute atomic E-state index is 0.147. The molecule has 2 aromatic carbocycles. The summed E-state index contributed by atoms with van der Waals surface area (Å²) in [5.41, 5.74) is 0.472. The number of carbonyl (C=O) groups excluding carboxylic acids is 2. The largest absolute Gasteiger partial charge is 0.396 e. The molecular weight excluding hydrogens is 418 g/mol. The van der Waals surface area contributed by atoms with Crippen molar-refractivity contribution in [3.63, 3.8) is 0 Å². The fourth-order valence-electron chi connectivity index (χ4n) is 5.51. The third-order valence-electron chi connectivity index (χ3n) is 6.94. The van der Waals surface area contributed by atoms with E-state index in [0.29, 0.717) is 30.5 Å². The molecule has 2 amide bonds. The second-order valence-corrected chi connectivity index (χ2v) is 8.87. The van der Waals surface area contributed by atoms with Gasteiger partial charge in [-0.05, 0) is 49.4 Å². The quantitative estimate of drug-likeness (QED) is 0.733. The summed E-state index contributed by atoms with van der Waals surface area (Å²) in [4.78, 5) is 31.4. The molecule has 0 saturated carbocycles. The van der Waals surface area contributed by atoms with Crippen LogP contribution >= 0.6 is 0 Å². The Hall–Kier alpha value is -3.21. The minimum atomic E-state index is -1.11. The van der Waals surface area contributed by atoms with Gasteiger partial charge < -0.3 is 20.0 Å². The van der Waals surface area contributed by atoms with Crippen molar-refractivity contribution in [2.24, 2.45) is 5.92 Å². The van der Waals surface area contributed by atoms with Crippen molar-refractivity contribution in [3.8, 4) is 6.07 Å². The van der Waals surface area contributed by atoms with E-state index in [1.165, 1.54) is 0 Å². The first kappa shape index (κ1) is 23.0. The molecular formula is C26H29N3O4. The molecule has 1 spiro atoms. The number of aliphatic hydroxyl groups is 2. The predicted molar refractivity (Wildman–Crippen MR) is 122 cm³/mol. The van der Waals surface area contributed by atoms with E-state index in [-0.39, 0.29) is 37.5 Å². The van der Waals surface area contributed by atoms with Gasteiger partial charge in [-0.25, -0.2) is 0 Å². The van der Waals surface area contributed by atoms with Crippen molar-refractivity contribution < 1.29 is 19.8 Å². The Balaban J connectivity index is 1.88. The van der Waals surface area contributed by atoms with Crippen LogP contribution in [-0.2, 0) is 4.79 Å². The molecule has 2 N–H and O–H groups in total. The van der Waals surface area contributed by atoms with Crippen molar-refractivity contribution in [1.82, 2.24) is 9.80 Å². The van der Waals surface area contributed by atoms with E-state index < -0.39 is 11.6 Å². The van der Waals surface area contributed by atoms with Gasteiger partial charge in [0.05, 0.1) is 24.3 Å². The van der Waals surface area contributed by atoms with Crippen LogP contribution in [0.25, 0.3) is 0 Å². The highest BCUT2D eigenvalue weighted by atomic mass is 16.3. The summed E-state index contributed by atoms with van der Waals surface area (Å²) in [6.45, 7) is 0.446. The Kier molecular flexibility index (Phi) is 6.77. The van der Waals surface area contributed by atoms with E-state index in [1.54, 1.807) is 34.1 Å². The van der Waals surface area contributed by atoms with E-state index in [1.807, 2.05) is 30.3 Å². The summed E-state index contributed by atoms with van der Waals surface area (Å²) in [7, 11) is 0. The lowest BCUT2D eigenvalue weighted by Gasteiger charge is -2.41. The predicted octanol–water partition coefficient (Wildman–Crippen LogP) is 2.50. The lowest BCUT2D eigenvalue weighted by molar-refractivity contribution is -0.142. The highest BCUT2D eigenvalue weighted by molar-refractivity contribution is 6.00. The van der Waals surface area contributed by atoms with Gasteiger partial charge in [-0.3, -0.25) is 9.59 Å². The summed E-state index contributed by atoms with van der Waals surface area (Å²) in [5.74, 6) is -0.805. The van der Waals surface area contributed by atoms with Crippen molar-refractivity contribution >= 4 is 11.8 Å². The van der Waals surface area contributed by atoms with Crippen LogP contribution in [0.1, 0.15) is 53.2 Å². The SMILES string of the molecule is N#Cc1cccc(C(=O)N2[C@@H](c3ccccc3)[C@@H](CO)C[C@]23CCCCN(CCO)C3=O)c1. The fourth-order valence-corrected chi connectivity index (χ4v) is 5.51. The Bertz CT molecular complexity index is 1050. The summed E-state index contributed by atoms with van der Waals surface area (Å²) in [5, 5.41) is 29.2. The van der Waals surface area contributed by atoms with E-state index in [4.69, 9.17) is 0 Å². The number of amides is 2. The maximum absolute atomic E-state index is 14.1. The van der Waals surface area contributed by atoms with Crippen LogP contribution in [0.15, 0.2) is 54.6 Å². The minimum Gasteiger partial charge on any atom is -0.396 e. The summed E-state index contributed by atoms with van der Waals surface area (Å²) in [6.07, 6.45) is 2.40. The van der Waals surface area contributed by atoms with Crippen molar-refractivity contribution in [2.45, 2.75) is 37.3 Å². The first-order valence-electron chi connectivity index (χ1n) is 11.5. The number of aliphatic hydroxyl groups excluding tert-OH is 2. The highest BCUT2D eigenvalue weighted by Crippen LogP contribution is 2.51. The van der Waals surface area contributed by atoms with Gasteiger partial charge in [-0.2, -0.15) is 5.26 Å². The maximum atomic E-state index is 14.1. The molecule has 7 heteroatoms. The monoisotopic (exact) mass is 447 g/mol. The van der Waals surface area contributed by atoms with E-state index in [2.05, 4.69) is 6.07 Å². The van der Waals surface area contributed by atoms with Gasteiger partial charge in [0.1, 0.15) is 5.54 Å². The maximum Gasteiger partial charge on any atom is 0.255 e. The van der Waals surface area contributed by atoms with E-state index in [0.717, 1.165) is 18.4 Å². The van der Waals surface area contributed by atoms with Gasteiger partial charge in [-0.15, -0.1) is 0 Å². The molecule has 0 unspecified atom stereocenters. The first-order valence-corrected chi connectivity index (χ1v) is 11.5. The average Bonchev–Trinajstić information content (AvgIpc) is 3.12. The number of hydrogen-bond acceptors (Lipinski definition) is 5. The van der Waals surface area contributed by atoms with Crippen LogP contribution in [0.4, 0.5) is 0 Å². The van der Waals surface area contributed by atoms with Gasteiger partial charge in [0.25, 0.3) is 5.91 Å². The smallest absolute Gasteiger partial charge is 0.255 e. The molecule has 2 heterocycles. The van der Waals surface area contributed by atoms with E-state index >= 15 is 0 Å². The molecule has 2 aliphatic rings. The van der Waals surface area contributed by atoms with Crippen molar-refractivity contribution in [3.05, 3.63) is 71.3 Å². The van der Waals surface area contributed by atoms with Crippen molar-refractivity contribution in [1.29, 1.82) is 5.26 Å². The van der Waals surface area contributed by atoms with E-state index in [9.17, 15) is 25.1 Å². The molecule has 2 saturated heterocycles. The molecule has 0 radical (unpaired) electrons. The molecule has 2 aliphatic heterocycles. The van der Waals surface area contributed by atoms with Crippen LogP contribution in [0.2, 0.25) is 0 Å². The van der Waals surface area contributed by atoms with Crippen LogP contribution < -0.4 is 0 Å². The van der Waals surface area contributed by atoms with Crippen LogP contribution in [0, 0.1) is 17.2 Å². The topological polar surface area (TPSA) is 105 Å². The zero-order valence-electron chi connectivity index (χ0n) is 18.6. The number of nitrogens with zero attached hydrogens (tertiary/aromatic N) is 3. The number of benzene rings is 2. The number of nitriles is 1. The van der Waals surface area contributed by atoms with Gasteiger partial charge in [0.2, 0.25) is 5.91 Å². The Morgan fingerprint density at radius 1 is 1.12 bits per heavy atom. The Labute approximate surface area is 193 Å². The molecule has 7 nitrogen and oxygen atoms in total. The normalized spacial score (nSPS) is 25.2. The third-order valence-corrected chi connectivity index (χ3v) is 6.94. The second kappa shape index (κ2) is 9.74. The molecule has 3 atom stereocenters. The second-order valence-electron chi connectivity index (χ2n) is 8.87. The summed E-state index contributed by atoms with van der Waals surface area (Å²) >= 11 is 0. The summed E-state index contributed by atoms with van der Waals surface area (Å²) < 4.78 is 0. The van der Waals surface area contributed by atoms with Crippen LogP contribution in [0.3, 0.4) is 0 Å². The average molecular weight is 448 g/mol. The molecule has 33 heavy (non-hydrogen) atoms. The summed E-state index contributed by atoms with van der Waals surface area (Å²) in [6, 6.07) is 17.6. The Morgan fingerprint density at radius 2 is 1.91 bits per heavy atom. The molecule has 2 fully saturated rings. The van der Waals surface area contributed by atoms with Crippen molar-refractivity contribution in [2.75, 3.05) is 26.3 Å². The number of rotatable bonds is 5. The van der Waals surface area contributed by atoms with Gasteiger partial charge in [0, 0.05) is 31.2 Å². The zero-order valence-corrected chi connectivity index (χ0v) is 18.6. The van der Waals surface area contributed by atoms with Gasteiger partial charge in [-0.1, -0.05) is 36.4 Å². The van der Waals surface area contributed by atoms with Gasteiger partial charge >= 0.3 is 0 Å². The standard InChI is InChI=1S/C26H29N3O4/c27-17-19-7-6-10-21(15-19)24(32)29-23(20-8-2-1-3-9-20)22(18-31)16-26(29)11-4-5-12-28(13-14-30)25(26)33/h1-3,6-10,15,22-23,30-31H,4-5,11-14,16,18H2/t22-,23+,26+/m1/s1. The number of carbonyl (C=O) groups is 2. The molecule has 0 bridgehead atoms. The molecule has 0 aromatic heterocycles. The number of hydrogen-bond donors (Lipinski definition) is 2. The molecule has 0 aliphatic carbocycles. The fraction of sp³-hybridized carbons (Fsp3) is 0.423. The lowest BCUT2D eigenvalue weighted by Crippen LogP contribution is -2.58. The molecule has 4 rings (SSSR count). The number of likely N-dealkylation sites (tertiary alicyclic amines) is 2. The molecule has 172 valence electrons. The van der Waals surface area contributed by atoms with Crippen LogP contribution in [-0.4, -0.2) is 63.7 Å². The van der Waals surface area contributed by atoms with Crippen LogP contribution in [0.5, 0.6) is 0 Å². The van der Waals surface area contributed by atoms with Gasteiger partial charge in [0.15, 0.2) is 0 Å².